The van der Waals surface area contributed by atoms with Crippen molar-refractivity contribution in [3.8, 4) is 0 Å². The molecule has 2 aromatic rings. The van der Waals surface area contributed by atoms with Gasteiger partial charge in [0, 0.05) is 5.56 Å². The van der Waals surface area contributed by atoms with Crippen LogP contribution in [0.5, 0.6) is 0 Å². The van der Waals surface area contributed by atoms with Crippen LogP contribution in [0.15, 0.2) is 47.4 Å². The number of sulfonamides is 1. The fraction of sp³-hybridized carbons (Fsp3) is 0.350. The van der Waals surface area contributed by atoms with Crippen LogP contribution >= 0.6 is 0 Å². The zero-order valence-corrected chi connectivity index (χ0v) is 15.5. The molecule has 0 radical (unpaired) electrons. The topological polar surface area (TPSA) is 75.3 Å². The first-order chi connectivity index (χ1) is 12.5. The number of benzene rings is 2. The number of nitrogens with one attached hydrogen (secondary N) is 2. The highest BCUT2D eigenvalue weighted by atomic mass is 32.2. The summed E-state index contributed by atoms with van der Waals surface area (Å²) < 4.78 is 26.1. The van der Waals surface area contributed by atoms with E-state index in [1.807, 2.05) is 0 Å². The second-order valence-corrected chi connectivity index (χ2v) is 8.92. The van der Waals surface area contributed by atoms with Crippen LogP contribution in [0.1, 0.15) is 58.3 Å². The molecule has 0 heterocycles. The van der Waals surface area contributed by atoms with E-state index in [2.05, 4.69) is 28.2 Å². The molecule has 1 amide bonds. The molecule has 4 rings (SSSR count). The van der Waals surface area contributed by atoms with Crippen LogP contribution in [0, 0.1) is 0 Å². The Kier molecular flexibility index (Phi) is 4.32. The van der Waals surface area contributed by atoms with Crippen molar-refractivity contribution in [2.75, 3.05) is 7.05 Å². The molecule has 1 atom stereocenters. The summed E-state index contributed by atoms with van der Waals surface area (Å²) in [6.07, 6.45) is 4.41. The standard InChI is InChI=1S/C20H22N2O3S/c1-21-26(24,25)17-4-2-3-16(12-17)20(23)22-19-10-8-15-11-14(13-5-6-13)7-9-18(15)19/h2-4,7,9,11-13,19,21H,5-6,8,10H2,1H3,(H,22,23)/t19-/m1/s1. The predicted octanol–water partition coefficient (Wildman–Crippen LogP) is 2.89. The van der Waals surface area contributed by atoms with Crippen LogP contribution in [-0.2, 0) is 16.4 Å². The first kappa shape index (κ1) is 17.2. The smallest absolute Gasteiger partial charge is 0.251 e. The lowest BCUT2D eigenvalue weighted by atomic mass is 10.0. The summed E-state index contributed by atoms with van der Waals surface area (Å²) in [5.74, 6) is 0.480. The molecule has 26 heavy (non-hydrogen) atoms. The number of hydrogen-bond donors (Lipinski definition) is 2. The molecule has 5 nitrogen and oxygen atoms in total. The maximum atomic E-state index is 12.6. The van der Waals surface area contributed by atoms with Crippen molar-refractivity contribution in [3.05, 3.63) is 64.7 Å². The third kappa shape index (κ3) is 3.27. The van der Waals surface area contributed by atoms with Crippen molar-refractivity contribution in [3.63, 3.8) is 0 Å². The Balaban J connectivity index is 1.52. The Morgan fingerprint density at radius 3 is 2.62 bits per heavy atom. The highest BCUT2D eigenvalue weighted by molar-refractivity contribution is 7.89. The van der Waals surface area contributed by atoms with Crippen molar-refractivity contribution >= 4 is 15.9 Å². The molecular formula is C20H22N2O3S. The van der Waals surface area contributed by atoms with Gasteiger partial charge in [0.1, 0.15) is 0 Å². The van der Waals surface area contributed by atoms with Crippen LogP contribution in [-0.4, -0.2) is 21.4 Å². The molecule has 2 aliphatic rings. The molecule has 0 aliphatic heterocycles. The molecule has 0 bridgehead atoms. The van der Waals surface area contributed by atoms with Gasteiger partial charge in [-0.05, 0) is 73.5 Å². The van der Waals surface area contributed by atoms with E-state index in [4.69, 9.17) is 0 Å². The fourth-order valence-electron chi connectivity index (χ4n) is 3.62. The van der Waals surface area contributed by atoms with E-state index in [-0.39, 0.29) is 16.8 Å². The lowest BCUT2D eigenvalue weighted by Gasteiger charge is -2.15. The van der Waals surface area contributed by atoms with Crippen LogP contribution in [0.25, 0.3) is 0 Å². The summed E-state index contributed by atoms with van der Waals surface area (Å²) in [6, 6.07) is 12.7. The fourth-order valence-corrected chi connectivity index (χ4v) is 4.40. The second-order valence-electron chi connectivity index (χ2n) is 7.03. The van der Waals surface area contributed by atoms with Crippen LogP contribution in [0.3, 0.4) is 0 Å². The average molecular weight is 370 g/mol. The molecule has 6 heteroatoms. The van der Waals surface area contributed by atoms with Gasteiger partial charge in [-0.3, -0.25) is 4.79 Å². The van der Waals surface area contributed by atoms with Gasteiger partial charge in [-0.2, -0.15) is 0 Å². The Labute approximate surface area is 153 Å². The van der Waals surface area contributed by atoms with E-state index in [1.165, 1.54) is 48.7 Å². The molecule has 0 saturated heterocycles. The molecule has 2 N–H and O–H groups in total. The maximum absolute atomic E-state index is 12.6. The lowest BCUT2D eigenvalue weighted by Crippen LogP contribution is -2.27. The van der Waals surface area contributed by atoms with Gasteiger partial charge in [0.05, 0.1) is 10.9 Å². The van der Waals surface area contributed by atoms with Gasteiger partial charge in [-0.15, -0.1) is 0 Å². The molecule has 0 spiro atoms. The molecule has 2 aromatic carbocycles. The lowest BCUT2D eigenvalue weighted by molar-refractivity contribution is 0.0936. The van der Waals surface area contributed by atoms with Gasteiger partial charge < -0.3 is 5.32 Å². The minimum atomic E-state index is -3.57. The van der Waals surface area contributed by atoms with Crippen LogP contribution in [0.4, 0.5) is 0 Å². The average Bonchev–Trinajstić information content (AvgIpc) is 3.44. The number of fused-ring (bicyclic) bond motifs is 1. The quantitative estimate of drug-likeness (QED) is 0.850. The SMILES string of the molecule is CNS(=O)(=O)c1cccc(C(=O)N[C@@H]2CCc3cc(C4CC4)ccc32)c1. The van der Waals surface area contributed by atoms with E-state index < -0.39 is 10.0 Å². The van der Waals surface area contributed by atoms with Crippen LogP contribution in [0.2, 0.25) is 0 Å². The summed E-state index contributed by atoms with van der Waals surface area (Å²) >= 11 is 0. The van der Waals surface area contributed by atoms with Crippen molar-refractivity contribution in [2.24, 2.45) is 0 Å². The Morgan fingerprint density at radius 1 is 1.08 bits per heavy atom. The van der Waals surface area contributed by atoms with Gasteiger partial charge >= 0.3 is 0 Å². The number of carbonyl (C=O) groups is 1. The maximum Gasteiger partial charge on any atom is 0.251 e. The Hall–Kier alpha value is -2.18. The molecule has 2 aliphatic carbocycles. The minimum absolute atomic E-state index is 0.0182. The third-order valence-corrected chi connectivity index (χ3v) is 6.69. The van der Waals surface area contributed by atoms with Gasteiger partial charge in [0.15, 0.2) is 0 Å². The minimum Gasteiger partial charge on any atom is -0.345 e. The molecule has 136 valence electrons. The largest absolute Gasteiger partial charge is 0.345 e. The summed E-state index contributed by atoms with van der Waals surface area (Å²) in [4.78, 5) is 12.7. The van der Waals surface area contributed by atoms with Gasteiger partial charge in [-0.25, -0.2) is 13.1 Å². The molecule has 1 saturated carbocycles. The number of aryl methyl sites for hydroxylation is 1. The normalized spacial score (nSPS) is 19.2. The number of rotatable bonds is 5. The third-order valence-electron chi connectivity index (χ3n) is 5.27. The Morgan fingerprint density at radius 2 is 1.88 bits per heavy atom. The Bertz CT molecular complexity index is 965. The first-order valence-electron chi connectivity index (χ1n) is 8.95. The number of amides is 1. The van der Waals surface area contributed by atoms with E-state index >= 15 is 0 Å². The van der Waals surface area contributed by atoms with E-state index in [0.717, 1.165) is 18.8 Å². The van der Waals surface area contributed by atoms with Crippen molar-refractivity contribution in [2.45, 2.75) is 42.5 Å². The zero-order valence-electron chi connectivity index (χ0n) is 14.7. The summed E-state index contributed by atoms with van der Waals surface area (Å²) in [6.45, 7) is 0. The number of hydrogen-bond acceptors (Lipinski definition) is 3. The monoisotopic (exact) mass is 370 g/mol. The van der Waals surface area contributed by atoms with Gasteiger partial charge in [0.2, 0.25) is 10.0 Å². The zero-order chi connectivity index (χ0) is 18.3. The van der Waals surface area contributed by atoms with Crippen molar-refractivity contribution in [1.29, 1.82) is 0 Å². The van der Waals surface area contributed by atoms with Crippen molar-refractivity contribution in [1.82, 2.24) is 10.0 Å². The highest BCUT2D eigenvalue weighted by Crippen LogP contribution is 2.42. The molecule has 0 aromatic heterocycles. The van der Waals surface area contributed by atoms with E-state index in [9.17, 15) is 13.2 Å². The molecular weight excluding hydrogens is 348 g/mol. The first-order valence-corrected chi connectivity index (χ1v) is 10.4. The predicted molar refractivity (Wildman–Crippen MR) is 99.6 cm³/mol. The van der Waals surface area contributed by atoms with Gasteiger partial charge in [0.25, 0.3) is 5.91 Å². The summed E-state index contributed by atoms with van der Waals surface area (Å²) in [5.41, 5.74) is 4.28. The number of carbonyl (C=O) groups excluding carboxylic acids is 1. The van der Waals surface area contributed by atoms with Gasteiger partial charge in [-0.1, -0.05) is 24.3 Å². The highest BCUT2D eigenvalue weighted by Gasteiger charge is 2.28. The molecule has 1 fully saturated rings. The summed E-state index contributed by atoms with van der Waals surface area (Å²) in [5, 5.41) is 3.06. The van der Waals surface area contributed by atoms with E-state index in [1.54, 1.807) is 12.1 Å². The van der Waals surface area contributed by atoms with Crippen molar-refractivity contribution < 1.29 is 13.2 Å². The second kappa shape index (κ2) is 6.52. The summed E-state index contributed by atoms with van der Waals surface area (Å²) in [7, 11) is -2.21. The van der Waals surface area contributed by atoms with Crippen LogP contribution < -0.4 is 10.0 Å². The molecule has 0 unspecified atom stereocenters. The van der Waals surface area contributed by atoms with E-state index in [0.29, 0.717) is 5.56 Å².